The number of nitrogens with two attached hydrogens (primary N) is 1. The predicted molar refractivity (Wildman–Crippen MR) is 112 cm³/mol. The van der Waals surface area contributed by atoms with E-state index in [2.05, 4.69) is 24.3 Å². The van der Waals surface area contributed by atoms with E-state index in [4.69, 9.17) is 29.0 Å². The van der Waals surface area contributed by atoms with Crippen molar-refractivity contribution in [3.63, 3.8) is 0 Å². The van der Waals surface area contributed by atoms with E-state index in [9.17, 15) is 4.79 Å². The number of amides is 1. The summed E-state index contributed by atoms with van der Waals surface area (Å²) in [7, 11) is 0. The van der Waals surface area contributed by atoms with Crippen LogP contribution in [0, 0.1) is 0 Å². The number of anilines is 1. The summed E-state index contributed by atoms with van der Waals surface area (Å²) in [5, 5.41) is 12.2. The molecule has 142 valence electrons. The molecule has 0 aliphatic carbocycles. The lowest BCUT2D eigenvalue weighted by molar-refractivity contribution is -0.113. The minimum atomic E-state index is -0.226. The molecule has 0 saturated heterocycles. The molecule has 0 saturated carbocycles. The van der Waals surface area contributed by atoms with Gasteiger partial charge in [-0.25, -0.2) is 4.68 Å². The molecule has 3 N–H and O–H groups in total. The largest absolute Gasteiger partial charge is 0.335 e. The second-order valence-corrected chi connectivity index (χ2v) is 7.89. The number of rotatable bonds is 5. The summed E-state index contributed by atoms with van der Waals surface area (Å²) in [5.74, 6) is 6.29. The van der Waals surface area contributed by atoms with Crippen molar-refractivity contribution in [2.75, 3.05) is 16.9 Å². The molecule has 1 amide bonds. The van der Waals surface area contributed by atoms with Gasteiger partial charge in [0.05, 0.1) is 28.2 Å². The molecule has 0 bridgehead atoms. The maximum absolute atomic E-state index is 12.3. The molecule has 4 rings (SSSR count). The molecule has 8 nitrogen and oxygen atoms in total. The Balaban J connectivity index is 1.47. The lowest BCUT2D eigenvalue weighted by atomic mass is 10.2. The summed E-state index contributed by atoms with van der Waals surface area (Å²) >= 11 is 14.5. The van der Waals surface area contributed by atoms with E-state index in [1.165, 1.54) is 4.68 Å². The molecule has 0 radical (unpaired) electrons. The maximum Gasteiger partial charge on any atom is 0.234 e. The Hall–Kier alpha value is -2.40. The van der Waals surface area contributed by atoms with Crippen molar-refractivity contribution < 1.29 is 4.79 Å². The number of carbonyl (C=O) groups is 1. The molecule has 2 aromatic heterocycles. The number of halogens is 2. The topological polar surface area (TPSA) is 112 Å². The Labute approximate surface area is 177 Å². The van der Waals surface area contributed by atoms with E-state index in [1.54, 1.807) is 24.3 Å². The van der Waals surface area contributed by atoms with Crippen molar-refractivity contribution in [2.45, 2.75) is 5.16 Å². The molecule has 12 heteroatoms. The molecule has 2 heterocycles. The second-order valence-electron chi connectivity index (χ2n) is 5.57. The number of aromatic nitrogens is 5. The minimum Gasteiger partial charge on any atom is -0.335 e. The van der Waals surface area contributed by atoms with Gasteiger partial charge in [0, 0.05) is 10.6 Å². The molecule has 2 aromatic carbocycles. The second kappa shape index (κ2) is 7.92. The Morgan fingerprint density at radius 2 is 2.07 bits per heavy atom. The molecule has 0 aliphatic heterocycles. The molecule has 0 atom stereocenters. The Bertz CT molecular complexity index is 1180. The van der Waals surface area contributed by atoms with Crippen molar-refractivity contribution in [3.8, 4) is 11.4 Å². The smallest absolute Gasteiger partial charge is 0.234 e. The average Bonchev–Trinajstić information content (AvgIpc) is 3.29. The van der Waals surface area contributed by atoms with Crippen LogP contribution in [0.25, 0.3) is 22.4 Å². The van der Waals surface area contributed by atoms with Gasteiger partial charge in [-0.15, -0.1) is 10.2 Å². The molecule has 0 fully saturated rings. The zero-order chi connectivity index (χ0) is 19.7. The Kier molecular flexibility index (Phi) is 5.36. The number of nitrogen functional groups attached to an aromatic ring is 1. The number of hydrogen-bond acceptors (Lipinski definition) is 8. The first-order valence-electron chi connectivity index (χ1n) is 7.83. The lowest BCUT2D eigenvalue weighted by Gasteiger charge is -2.07. The van der Waals surface area contributed by atoms with Gasteiger partial charge in [0.1, 0.15) is 11.0 Å². The first kappa shape index (κ1) is 18.9. The fourth-order valence-corrected chi connectivity index (χ4v) is 4.03. The van der Waals surface area contributed by atoms with E-state index in [-0.39, 0.29) is 11.7 Å². The van der Waals surface area contributed by atoms with Gasteiger partial charge in [0.2, 0.25) is 11.1 Å². The van der Waals surface area contributed by atoms with Crippen LogP contribution in [-0.2, 0) is 4.79 Å². The van der Waals surface area contributed by atoms with E-state index in [0.29, 0.717) is 37.8 Å². The van der Waals surface area contributed by atoms with Gasteiger partial charge in [-0.1, -0.05) is 41.0 Å². The summed E-state index contributed by atoms with van der Waals surface area (Å²) in [6, 6.07) is 10.4. The number of fused-ring (bicyclic) bond motifs is 1. The summed E-state index contributed by atoms with van der Waals surface area (Å²) in [6.45, 7) is 0. The number of carbonyl (C=O) groups excluding carboxylic acids is 1. The van der Waals surface area contributed by atoms with Crippen LogP contribution in [0.2, 0.25) is 10.0 Å². The molecule has 0 aliphatic rings. The lowest BCUT2D eigenvalue weighted by Crippen LogP contribution is -2.16. The maximum atomic E-state index is 12.3. The van der Waals surface area contributed by atoms with Crippen LogP contribution < -0.4 is 11.2 Å². The van der Waals surface area contributed by atoms with Gasteiger partial charge in [-0.2, -0.15) is 8.75 Å². The third-order valence-electron chi connectivity index (χ3n) is 3.73. The third kappa shape index (κ3) is 3.76. The van der Waals surface area contributed by atoms with Crippen LogP contribution in [0.5, 0.6) is 0 Å². The summed E-state index contributed by atoms with van der Waals surface area (Å²) < 4.78 is 9.63. The summed E-state index contributed by atoms with van der Waals surface area (Å²) in [6.07, 6.45) is 0. The van der Waals surface area contributed by atoms with Crippen LogP contribution in [0.1, 0.15) is 0 Å². The van der Waals surface area contributed by atoms with Gasteiger partial charge in [0.25, 0.3) is 0 Å². The van der Waals surface area contributed by atoms with Gasteiger partial charge < -0.3 is 11.2 Å². The quantitative estimate of drug-likeness (QED) is 0.351. The van der Waals surface area contributed by atoms with Crippen molar-refractivity contribution in [1.29, 1.82) is 0 Å². The predicted octanol–water partition coefficient (Wildman–Crippen LogP) is 3.70. The molecule has 4 aromatic rings. The number of thioether (sulfide) groups is 1. The van der Waals surface area contributed by atoms with Gasteiger partial charge >= 0.3 is 0 Å². The van der Waals surface area contributed by atoms with E-state index in [1.807, 2.05) is 12.1 Å². The minimum absolute atomic E-state index is 0.0898. The van der Waals surface area contributed by atoms with Crippen molar-refractivity contribution in [2.24, 2.45) is 0 Å². The monoisotopic (exact) mass is 451 g/mol. The van der Waals surface area contributed by atoms with Crippen LogP contribution in [0.4, 0.5) is 5.69 Å². The third-order valence-corrected chi connectivity index (χ3v) is 5.78. The first-order chi connectivity index (χ1) is 13.5. The SMILES string of the molecule is Nn1c(SCC(=O)Nc2cccc3nsnc23)nnc1-c1cc(Cl)ccc1Cl. The summed E-state index contributed by atoms with van der Waals surface area (Å²) in [4.78, 5) is 12.3. The van der Waals surface area contributed by atoms with Crippen LogP contribution in [-0.4, -0.2) is 35.3 Å². The zero-order valence-corrected chi connectivity index (χ0v) is 17.1. The highest BCUT2D eigenvalue weighted by molar-refractivity contribution is 7.99. The molecule has 28 heavy (non-hydrogen) atoms. The fraction of sp³-hybridized carbons (Fsp3) is 0.0625. The van der Waals surface area contributed by atoms with E-state index < -0.39 is 0 Å². The molecule has 0 unspecified atom stereocenters. The Morgan fingerprint density at radius 1 is 1.21 bits per heavy atom. The number of benzene rings is 2. The van der Waals surface area contributed by atoms with Crippen molar-refractivity contribution in [3.05, 3.63) is 46.4 Å². The highest BCUT2D eigenvalue weighted by Gasteiger charge is 2.17. The van der Waals surface area contributed by atoms with Gasteiger partial charge in [0.15, 0.2) is 5.82 Å². The molecule has 0 spiro atoms. The van der Waals surface area contributed by atoms with E-state index in [0.717, 1.165) is 29.0 Å². The number of nitrogens with zero attached hydrogens (tertiary/aromatic N) is 5. The first-order valence-corrected chi connectivity index (χ1v) is 10.3. The normalized spacial score (nSPS) is 11.1. The van der Waals surface area contributed by atoms with Crippen LogP contribution >= 0.6 is 46.7 Å². The molecular formula is C16H11Cl2N7OS2. The molecular weight excluding hydrogens is 441 g/mol. The number of hydrogen-bond donors (Lipinski definition) is 2. The van der Waals surface area contributed by atoms with Gasteiger partial charge in [-0.3, -0.25) is 4.79 Å². The van der Waals surface area contributed by atoms with Crippen molar-refractivity contribution in [1.82, 2.24) is 23.6 Å². The van der Waals surface area contributed by atoms with Crippen LogP contribution in [0.3, 0.4) is 0 Å². The highest BCUT2D eigenvalue weighted by atomic mass is 35.5. The van der Waals surface area contributed by atoms with Crippen LogP contribution in [0.15, 0.2) is 41.6 Å². The summed E-state index contributed by atoms with van der Waals surface area (Å²) in [5.41, 5.74) is 2.56. The highest BCUT2D eigenvalue weighted by Crippen LogP contribution is 2.30. The average molecular weight is 452 g/mol. The van der Waals surface area contributed by atoms with Gasteiger partial charge in [-0.05, 0) is 30.3 Å². The number of nitrogens with one attached hydrogen (secondary N) is 1. The van der Waals surface area contributed by atoms with E-state index >= 15 is 0 Å². The standard InChI is InChI=1S/C16H11Cl2N7OS2/c17-8-4-5-10(18)9(6-8)15-21-22-16(25(15)19)27-7-13(26)20-11-2-1-3-12-14(11)24-28-23-12/h1-6H,7,19H2,(H,20,26). The Morgan fingerprint density at radius 3 is 2.93 bits per heavy atom. The van der Waals surface area contributed by atoms with Crippen molar-refractivity contribution >= 4 is 69.3 Å². The zero-order valence-electron chi connectivity index (χ0n) is 14.0. The fourth-order valence-electron chi connectivity index (χ4n) is 2.45.